The van der Waals surface area contributed by atoms with Crippen molar-refractivity contribution in [2.45, 2.75) is 0 Å². The fourth-order valence-electron chi connectivity index (χ4n) is 6.76. The predicted molar refractivity (Wildman–Crippen MR) is 208 cm³/mol. The van der Waals surface area contributed by atoms with Crippen molar-refractivity contribution >= 4 is 39.5 Å². The topological polar surface area (TPSA) is 63.9 Å². The molecule has 0 aliphatic heterocycles. The first-order valence-corrected chi connectivity index (χ1v) is 17.2. The number of para-hydroxylation sites is 2. The zero-order valence-corrected chi connectivity index (χ0v) is 27.9. The monoisotopic (exact) mass is 670 g/mol. The average Bonchev–Trinajstić information content (AvgIpc) is 3.96. The Morgan fingerprint density at radius 2 is 0.846 bits per heavy atom. The Morgan fingerprint density at radius 3 is 1.35 bits per heavy atom. The van der Waals surface area contributed by atoms with E-state index in [2.05, 4.69) is 119 Å². The molecule has 5 aromatic carbocycles. The van der Waals surface area contributed by atoms with Gasteiger partial charge in [0.05, 0.1) is 11.4 Å². The van der Waals surface area contributed by atoms with Crippen LogP contribution in [0.5, 0.6) is 0 Å². The van der Waals surface area contributed by atoms with Crippen molar-refractivity contribution < 1.29 is 4.42 Å². The summed E-state index contributed by atoms with van der Waals surface area (Å²) in [5.74, 6) is 0.623. The van der Waals surface area contributed by atoms with Gasteiger partial charge in [0.15, 0.2) is 5.58 Å². The van der Waals surface area contributed by atoms with Crippen LogP contribution in [0.2, 0.25) is 0 Å². The van der Waals surface area contributed by atoms with Crippen molar-refractivity contribution in [1.29, 1.82) is 0 Å². The molecule has 0 radical (unpaired) electrons. The molecule has 5 heterocycles. The van der Waals surface area contributed by atoms with Gasteiger partial charge in [0, 0.05) is 58.5 Å². The lowest BCUT2D eigenvalue weighted by molar-refractivity contribution is 0.620. The van der Waals surface area contributed by atoms with Gasteiger partial charge in [-0.15, -0.1) is 0 Å². The number of imidazole rings is 2. The summed E-state index contributed by atoms with van der Waals surface area (Å²) in [6.07, 6.45) is 8.18. The highest BCUT2D eigenvalue weighted by molar-refractivity contribution is 5.81. The van der Waals surface area contributed by atoms with E-state index < -0.39 is 0 Å². The van der Waals surface area contributed by atoms with Crippen LogP contribution in [0.1, 0.15) is 0 Å². The van der Waals surface area contributed by atoms with E-state index in [0.717, 1.165) is 78.7 Å². The molecule has 246 valence electrons. The molecule has 0 saturated heterocycles. The second-order valence-corrected chi connectivity index (χ2v) is 12.7. The van der Waals surface area contributed by atoms with E-state index in [1.165, 1.54) is 0 Å². The van der Waals surface area contributed by atoms with Gasteiger partial charge >= 0.3 is 0 Å². The Balaban J connectivity index is 0.980. The van der Waals surface area contributed by atoms with Crippen molar-refractivity contribution in [2.75, 3.05) is 4.90 Å². The standard InChI is InChI=1S/C45H30N6O/c1-2-8-42-39(7-1)48-45(52-42)35-13-11-31(12-14-35)32-15-21-36(22-16-32)51(37-23-17-33(18-24-37)40-29-49-27-5-3-9-43(49)46-40)38-25-19-34(20-26-38)41-30-50-28-6-4-10-44(50)47-41/h1-30H. The summed E-state index contributed by atoms with van der Waals surface area (Å²) >= 11 is 0. The smallest absolute Gasteiger partial charge is 0.227 e. The third-order valence-electron chi connectivity index (χ3n) is 9.46. The van der Waals surface area contributed by atoms with E-state index in [1.807, 2.05) is 81.9 Å². The lowest BCUT2D eigenvalue weighted by Gasteiger charge is -2.26. The number of anilines is 3. The molecule has 7 heteroatoms. The quantitative estimate of drug-likeness (QED) is 0.169. The largest absolute Gasteiger partial charge is 0.436 e. The molecule has 10 aromatic rings. The van der Waals surface area contributed by atoms with Crippen LogP contribution in [0.15, 0.2) is 187 Å². The van der Waals surface area contributed by atoms with Crippen LogP contribution >= 0.6 is 0 Å². The number of benzene rings is 5. The summed E-state index contributed by atoms with van der Waals surface area (Å²) in [5, 5.41) is 0. The van der Waals surface area contributed by atoms with Crippen LogP contribution in [0.4, 0.5) is 17.1 Å². The Labute approximate surface area is 299 Å². The van der Waals surface area contributed by atoms with Gasteiger partial charge in [-0.1, -0.05) is 72.8 Å². The van der Waals surface area contributed by atoms with E-state index in [-0.39, 0.29) is 0 Å². The molecule has 0 N–H and O–H groups in total. The van der Waals surface area contributed by atoms with E-state index in [4.69, 9.17) is 14.4 Å². The normalized spacial score (nSPS) is 11.5. The predicted octanol–water partition coefficient (Wildman–Crippen LogP) is 11.3. The lowest BCUT2D eigenvalue weighted by atomic mass is 10.0. The second-order valence-electron chi connectivity index (χ2n) is 12.7. The summed E-state index contributed by atoms with van der Waals surface area (Å²) in [4.78, 5) is 16.6. The van der Waals surface area contributed by atoms with Gasteiger partial charge in [0.1, 0.15) is 16.8 Å². The third kappa shape index (κ3) is 5.37. The Kier molecular flexibility index (Phi) is 6.99. The van der Waals surface area contributed by atoms with Crippen molar-refractivity contribution in [3.63, 3.8) is 0 Å². The van der Waals surface area contributed by atoms with Crippen LogP contribution in [-0.2, 0) is 0 Å². The molecule has 0 unspecified atom stereocenters. The third-order valence-corrected chi connectivity index (χ3v) is 9.46. The van der Waals surface area contributed by atoms with Gasteiger partial charge in [-0.05, 0) is 96.1 Å². The van der Waals surface area contributed by atoms with Crippen molar-refractivity contribution in [1.82, 2.24) is 23.8 Å². The summed E-state index contributed by atoms with van der Waals surface area (Å²) in [5.41, 5.74) is 13.8. The second kappa shape index (κ2) is 12.3. The van der Waals surface area contributed by atoms with Crippen molar-refractivity contribution in [3.05, 3.63) is 183 Å². The molecular formula is C45H30N6O. The fourth-order valence-corrected chi connectivity index (χ4v) is 6.76. The molecule has 0 aliphatic carbocycles. The van der Waals surface area contributed by atoms with Crippen LogP contribution in [-0.4, -0.2) is 23.8 Å². The number of hydrogen-bond acceptors (Lipinski definition) is 5. The minimum absolute atomic E-state index is 0.623. The number of rotatable bonds is 7. The molecule has 0 bridgehead atoms. The summed E-state index contributed by atoms with van der Waals surface area (Å²) in [6, 6.07) is 54.2. The first kappa shape index (κ1) is 29.6. The molecule has 0 amide bonds. The van der Waals surface area contributed by atoms with E-state index in [0.29, 0.717) is 5.89 Å². The molecular weight excluding hydrogens is 641 g/mol. The van der Waals surface area contributed by atoms with Gasteiger partial charge < -0.3 is 18.1 Å². The van der Waals surface area contributed by atoms with E-state index in [1.54, 1.807) is 0 Å². The van der Waals surface area contributed by atoms with Crippen molar-refractivity contribution in [2.24, 2.45) is 0 Å². The SMILES string of the molecule is c1ccc2oc(-c3ccc(-c4ccc(N(c5ccc(-c6cn7ccccc7n6)cc5)c5ccc(-c6cn7ccccc7n6)cc5)cc4)cc3)nc2c1. The zero-order chi connectivity index (χ0) is 34.4. The lowest BCUT2D eigenvalue weighted by Crippen LogP contribution is -2.09. The maximum Gasteiger partial charge on any atom is 0.227 e. The fraction of sp³-hybridized carbons (Fsp3) is 0. The maximum absolute atomic E-state index is 5.99. The first-order chi connectivity index (χ1) is 25.7. The summed E-state index contributed by atoms with van der Waals surface area (Å²) in [6.45, 7) is 0. The summed E-state index contributed by atoms with van der Waals surface area (Å²) < 4.78 is 10.1. The molecule has 0 saturated carbocycles. The highest BCUT2D eigenvalue weighted by Gasteiger charge is 2.15. The number of oxazole rings is 1. The van der Waals surface area contributed by atoms with E-state index in [9.17, 15) is 0 Å². The number of hydrogen-bond donors (Lipinski definition) is 0. The highest BCUT2D eigenvalue weighted by Crippen LogP contribution is 2.38. The van der Waals surface area contributed by atoms with Crippen molar-refractivity contribution in [3.8, 4) is 45.1 Å². The van der Waals surface area contributed by atoms with Gasteiger partial charge in [-0.25, -0.2) is 15.0 Å². The van der Waals surface area contributed by atoms with Crippen LogP contribution in [0, 0.1) is 0 Å². The number of fused-ring (bicyclic) bond motifs is 3. The molecule has 0 spiro atoms. The van der Waals surface area contributed by atoms with Gasteiger partial charge in [-0.3, -0.25) is 0 Å². The molecule has 0 fully saturated rings. The van der Waals surface area contributed by atoms with Gasteiger partial charge in [-0.2, -0.15) is 0 Å². The first-order valence-electron chi connectivity index (χ1n) is 17.2. The van der Waals surface area contributed by atoms with Crippen LogP contribution < -0.4 is 4.90 Å². The molecule has 52 heavy (non-hydrogen) atoms. The molecule has 0 aliphatic rings. The Hall–Kier alpha value is -7.25. The van der Waals surface area contributed by atoms with Crippen LogP contribution in [0.3, 0.4) is 0 Å². The summed E-state index contributed by atoms with van der Waals surface area (Å²) in [7, 11) is 0. The average molecular weight is 671 g/mol. The van der Waals surface area contributed by atoms with Crippen LogP contribution in [0.25, 0.3) is 67.5 Å². The zero-order valence-electron chi connectivity index (χ0n) is 27.9. The maximum atomic E-state index is 5.99. The number of nitrogens with zero attached hydrogens (tertiary/aromatic N) is 6. The molecule has 5 aromatic heterocycles. The highest BCUT2D eigenvalue weighted by atomic mass is 16.3. The number of aromatic nitrogens is 5. The molecule has 0 atom stereocenters. The molecule has 7 nitrogen and oxygen atoms in total. The van der Waals surface area contributed by atoms with Gasteiger partial charge in [0.2, 0.25) is 5.89 Å². The number of pyridine rings is 2. The minimum atomic E-state index is 0.623. The Morgan fingerprint density at radius 1 is 0.404 bits per heavy atom. The minimum Gasteiger partial charge on any atom is -0.436 e. The van der Waals surface area contributed by atoms with Gasteiger partial charge in [0.25, 0.3) is 0 Å². The van der Waals surface area contributed by atoms with E-state index >= 15 is 0 Å². The molecule has 10 rings (SSSR count). The Bertz CT molecular complexity index is 2610.